The van der Waals surface area contributed by atoms with E-state index in [1.807, 2.05) is 4.90 Å². The Bertz CT molecular complexity index is 1070. The summed E-state index contributed by atoms with van der Waals surface area (Å²) < 4.78 is 42.2. The number of hydrogen-bond donors (Lipinski definition) is 4. The zero-order chi connectivity index (χ0) is 24.3. The van der Waals surface area contributed by atoms with Gasteiger partial charge in [0.1, 0.15) is 5.82 Å². The highest BCUT2D eigenvalue weighted by atomic mass is 19.4. The van der Waals surface area contributed by atoms with E-state index in [0.717, 1.165) is 0 Å². The number of β-amino-alcohol motifs (C(OH)–C–C–N with tert-alkyl or cyclic N) is 1. The van der Waals surface area contributed by atoms with Crippen molar-refractivity contribution in [1.82, 2.24) is 14.9 Å². The average molecular weight is 462 g/mol. The standard InChI is InChI=1S/C16H20N4O5.C2HF3O2/c1-24-11-5-9-10(6-12(11)25-2)18-13(19-14(9)21)7-20-4-3-16(23,8-20)15(17)22;3-2(4,5)1(6)7/h5-6,23H,3-4,7-8H2,1-2H3,(H2,17,22)(H,18,19,21);(H,6,7). The van der Waals surface area contributed by atoms with E-state index in [0.29, 0.717) is 34.8 Å². The van der Waals surface area contributed by atoms with Crippen LogP contribution in [0.1, 0.15) is 12.2 Å². The van der Waals surface area contributed by atoms with E-state index >= 15 is 0 Å². The highest BCUT2D eigenvalue weighted by molar-refractivity contribution is 5.84. The molecule has 11 nitrogen and oxygen atoms in total. The molecule has 0 radical (unpaired) electrons. The number of carbonyl (C=O) groups is 2. The topological polar surface area (TPSA) is 168 Å². The fourth-order valence-corrected chi connectivity index (χ4v) is 3.01. The molecule has 1 aliphatic rings. The minimum atomic E-state index is -5.08. The zero-order valence-electron chi connectivity index (χ0n) is 17.0. The van der Waals surface area contributed by atoms with Crippen LogP contribution in [0.4, 0.5) is 13.2 Å². The molecule has 1 atom stereocenters. The van der Waals surface area contributed by atoms with Crippen molar-refractivity contribution in [3.8, 4) is 11.5 Å². The second kappa shape index (κ2) is 9.40. The van der Waals surface area contributed by atoms with Gasteiger partial charge >= 0.3 is 12.1 Å². The highest BCUT2D eigenvalue weighted by Crippen LogP contribution is 2.30. The first-order valence-electron chi connectivity index (χ1n) is 9.00. The van der Waals surface area contributed by atoms with Gasteiger partial charge in [0.15, 0.2) is 17.1 Å². The lowest BCUT2D eigenvalue weighted by Crippen LogP contribution is -2.46. The molecule has 1 aliphatic heterocycles. The van der Waals surface area contributed by atoms with E-state index in [9.17, 15) is 27.9 Å². The SMILES string of the molecule is COc1cc2nc(CN3CCC(O)(C(N)=O)C3)[nH]c(=O)c2cc1OC.O=C(O)C(F)(F)F. The van der Waals surface area contributed by atoms with Crippen molar-refractivity contribution in [3.63, 3.8) is 0 Å². The van der Waals surface area contributed by atoms with Crippen LogP contribution in [0.25, 0.3) is 10.9 Å². The van der Waals surface area contributed by atoms with Gasteiger partial charge in [-0.1, -0.05) is 0 Å². The van der Waals surface area contributed by atoms with Gasteiger partial charge in [-0.05, 0) is 12.5 Å². The fourth-order valence-electron chi connectivity index (χ4n) is 3.01. The van der Waals surface area contributed by atoms with Gasteiger partial charge in [0, 0.05) is 19.2 Å². The molecule has 1 aromatic heterocycles. The van der Waals surface area contributed by atoms with Crippen LogP contribution in [0.3, 0.4) is 0 Å². The first-order chi connectivity index (χ1) is 14.8. The monoisotopic (exact) mass is 462 g/mol. The molecule has 0 bridgehead atoms. The molecule has 14 heteroatoms. The summed E-state index contributed by atoms with van der Waals surface area (Å²) in [5, 5.41) is 17.6. The number of nitrogens with two attached hydrogens (primary N) is 1. The lowest BCUT2D eigenvalue weighted by atomic mass is 10.0. The third-order valence-corrected chi connectivity index (χ3v) is 4.66. The van der Waals surface area contributed by atoms with Crippen molar-refractivity contribution in [3.05, 3.63) is 28.3 Å². The first-order valence-corrected chi connectivity index (χ1v) is 9.00. The quantitative estimate of drug-likeness (QED) is 0.478. The second-order valence-electron chi connectivity index (χ2n) is 6.90. The van der Waals surface area contributed by atoms with Crippen LogP contribution >= 0.6 is 0 Å². The smallest absolute Gasteiger partial charge is 0.490 e. The number of amides is 1. The number of carboxylic acids is 1. The summed E-state index contributed by atoms with van der Waals surface area (Å²) in [6.45, 7) is 0.873. The maximum absolute atomic E-state index is 12.3. The number of rotatable bonds is 5. The summed E-state index contributed by atoms with van der Waals surface area (Å²) in [6, 6.07) is 3.21. The van der Waals surface area contributed by atoms with Crippen molar-refractivity contribution >= 4 is 22.8 Å². The number of aliphatic carboxylic acids is 1. The number of aromatic nitrogens is 2. The Kier molecular flexibility index (Phi) is 7.31. The third-order valence-electron chi connectivity index (χ3n) is 4.66. The maximum Gasteiger partial charge on any atom is 0.490 e. The number of hydrogen-bond acceptors (Lipinski definition) is 8. The molecule has 0 spiro atoms. The van der Waals surface area contributed by atoms with Crippen LogP contribution in [0.2, 0.25) is 0 Å². The van der Waals surface area contributed by atoms with Crippen molar-refractivity contribution in [2.75, 3.05) is 27.3 Å². The molecule has 2 aromatic rings. The number of alkyl halides is 3. The Balaban J connectivity index is 0.000000451. The van der Waals surface area contributed by atoms with Gasteiger partial charge in [-0.3, -0.25) is 14.5 Å². The number of carboxylic acid groups (broad SMARTS) is 1. The predicted octanol–water partition coefficient (Wildman–Crippen LogP) is -0.00430. The fraction of sp³-hybridized carbons (Fsp3) is 0.444. The Hall–Kier alpha value is -3.39. The number of methoxy groups -OCH3 is 2. The average Bonchev–Trinajstić information content (AvgIpc) is 3.08. The van der Waals surface area contributed by atoms with E-state index in [4.69, 9.17) is 25.1 Å². The van der Waals surface area contributed by atoms with Gasteiger partial charge in [-0.15, -0.1) is 0 Å². The number of ether oxygens (including phenoxy) is 2. The number of primary amides is 1. The lowest BCUT2D eigenvalue weighted by Gasteiger charge is -2.19. The first kappa shape index (κ1) is 24.9. The predicted molar refractivity (Wildman–Crippen MR) is 103 cm³/mol. The summed E-state index contributed by atoms with van der Waals surface area (Å²) in [5.41, 5.74) is 3.87. The molecule has 1 saturated heterocycles. The molecule has 3 rings (SSSR count). The number of nitrogens with one attached hydrogen (secondary N) is 1. The van der Waals surface area contributed by atoms with Crippen molar-refractivity contribution in [2.24, 2.45) is 5.73 Å². The molecular weight excluding hydrogens is 441 g/mol. The largest absolute Gasteiger partial charge is 0.493 e. The van der Waals surface area contributed by atoms with Crippen LogP contribution in [0, 0.1) is 0 Å². The van der Waals surface area contributed by atoms with E-state index in [-0.39, 0.29) is 25.1 Å². The molecule has 1 unspecified atom stereocenters. The Morgan fingerprint density at radius 3 is 2.31 bits per heavy atom. The van der Waals surface area contributed by atoms with Crippen LogP contribution in [0.15, 0.2) is 16.9 Å². The molecule has 5 N–H and O–H groups in total. The molecule has 1 fully saturated rings. The van der Waals surface area contributed by atoms with Gasteiger partial charge < -0.3 is 30.4 Å². The number of aromatic amines is 1. The molecule has 0 saturated carbocycles. The van der Waals surface area contributed by atoms with E-state index in [1.165, 1.54) is 14.2 Å². The van der Waals surface area contributed by atoms with E-state index in [1.54, 1.807) is 12.1 Å². The number of likely N-dealkylation sites (tertiary alicyclic amines) is 1. The summed E-state index contributed by atoms with van der Waals surface area (Å²) in [6.07, 6.45) is -4.83. The van der Waals surface area contributed by atoms with Crippen molar-refractivity contribution in [2.45, 2.75) is 24.7 Å². The molecule has 0 aliphatic carbocycles. The molecule has 1 amide bonds. The third kappa shape index (κ3) is 5.64. The zero-order valence-corrected chi connectivity index (χ0v) is 17.0. The Morgan fingerprint density at radius 2 is 1.84 bits per heavy atom. The summed E-state index contributed by atoms with van der Waals surface area (Å²) in [5.74, 6) is -2.15. The molecular formula is C18H21F3N4O7. The number of aliphatic hydroxyl groups is 1. The summed E-state index contributed by atoms with van der Waals surface area (Å²) in [4.78, 5) is 41.5. The van der Waals surface area contributed by atoms with Gasteiger partial charge in [-0.25, -0.2) is 9.78 Å². The van der Waals surface area contributed by atoms with Crippen LogP contribution in [0.5, 0.6) is 11.5 Å². The maximum atomic E-state index is 12.3. The number of carbonyl (C=O) groups excluding carboxylic acids is 1. The van der Waals surface area contributed by atoms with E-state index in [2.05, 4.69) is 9.97 Å². The summed E-state index contributed by atoms with van der Waals surface area (Å²) >= 11 is 0. The summed E-state index contributed by atoms with van der Waals surface area (Å²) in [7, 11) is 3.00. The van der Waals surface area contributed by atoms with Crippen molar-refractivity contribution in [1.29, 1.82) is 0 Å². The number of H-pyrrole nitrogens is 1. The van der Waals surface area contributed by atoms with Gasteiger partial charge in [-0.2, -0.15) is 13.2 Å². The van der Waals surface area contributed by atoms with Gasteiger partial charge in [0.2, 0.25) is 0 Å². The normalized spacial score (nSPS) is 18.7. The van der Waals surface area contributed by atoms with Crippen molar-refractivity contribution < 1.29 is 42.4 Å². The molecule has 1 aromatic carbocycles. The Morgan fingerprint density at radius 1 is 1.28 bits per heavy atom. The van der Waals surface area contributed by atoms with Crippen LogP contribution in [-0.2, 0) is 16.1 Å². The second-order valence-corrected chi connectivity index (χ2v) is 6.90. The number of benzene rings is 1. The molecule has 2 heterocycles. The van der Waals surface area contributed by atoms with E-state index < -0.39 is 23.7 Å². The lowest BCUT2D eigenvalue weighted by molar-refractivity contribution is -0.192. The van der Waals surface area contributed by atoms with Crippen LogP contribution < -0.4 is 20.8 Å². The van der Waals surface area contributed by atoms with Gasteiger partial charge in [0.05, 0.1) is 31.7 Å². The molecule has 32 heavy (non-hydrogen) atoms. The minimum absolute atomic E-state index is 0.107. The minimum Gasteiger partial charge on any atom is -0.493 e. The number of nitrogens with zero attached hydrogens (tertiary/aromatic N) is 2. The highest BCUT2D eigenvalue weighted by Gasteiger charge is 2.41. The Labute approximate surface area is 178 Å². The molecule has 176 valence electrons. The van der Waals surface area contributed by atoms with Gasteiger partial charge in [0.25, 0.3) is 11.5 Å². The number of fused-ring (bicyclic) bond motifs is 1. The number of halogens is 3. The van der Waals surface area contributed by atoms with Crippen LogP contribution in [-0.4, -0.2) is 76.0 Å².